The molecule has 12 rings (SSSR count). The van der Waals surface area contributed by atoms with Crippen molar-refractivity contribution in [2.45, 2.75) is 0 Å². The number of nitrogens with zero attached hydrogens (tertiary/aromatic N) is 5. The molecule has 0 N–H and O–H groups in total. The molecule has 0 unspecified atom stereocenters. The third-order valence-electron chi connectivity index (χ3n) is 10.6. The topological polar surface area (TPSA) is 77.6 Å². The Morgan fingerprint density at radius 2 is 0.982 bits per heavy atom. The third kappa shape index (κ3) is 5.19. The Balaban J connectivity index is 1.08. The lowest BCUT2D eigenvalue weighted by Crippen LogP contribution is -2.00. The smallest absolute Gasteiger partial charge is 0.164 e. The fourth-order valence-electron chi connectivity index (χ4n) is 7.92. The molecule has 5 aromatic heterocycles. The molecule has 0 aliphatic heterocycles. The van der Waals surface area contributed by atoms with Crippen LogP contribution in [-0.4, -0.2) is 24.9 Å². The van der Waals surface area contributed by atoms with E-state index in [2.05, 4.69) is 91.0 Å². The first kappa shape index (κ1) is 32.1. The molecule has 0 aliphatic rings. The standard InChI is InChI=1S/C49H27N5OS2/c1-3-13-28(14-4-1)46-52-47(29-15-5-2-6-16-29)54-48(53-46)35-20-12-22-37-41(35)34-19-11-21-36(44(34)55-37)49-50-42(45-43(51-49)33-18-8-10-24-39(33)57-45)30-25-26-32-31-17-7-9-23-38(31)56-40(32)27-30/h1-27H. The SMILES string of the molecule is c1ccc(-c2nc(-c3ccccc3)nc(-c3cccc4oc5c(-c6nc(-c7ccc8c(c7)sc7ccccc78)c7sc8ccccc8c7n6)cccc5c34)n2)cc1. The van der Waals surface area contributed by atoms with Crippen LogP contribution in [0.2, 0.25) is 0 Å². The van der Waals surface area contributed by atoms with E-state index in [0.29, 0.717) is 28.9 Å². The number of para-hydroxylation sites is 1. The molecule has 7 aromatic carbocycles. The molecule has 6 nitrogen and oxygen atoms in total. The Kier molecular flexibility index (Phi) is 7.17. The predicted octanol–water partition coefficient (Wildman–Crippen LogP) is 13.6. The van der Waals surface area contributed by atoms with E-state index < -0.39 is 0 Å². The summed E-state index contributed by atoms with van der Waals surface area (Å²) in [5.41, 5.74) is 7.87. The second-order valence-corrected chi connectivity index (χ2v) is 16.1. The number of rotatable bonds is 5. The minimum atomic E-state index is 0.572. The molecule has 8 heteroatoms. The first-order valence-corrected chi connectivity index (χ1v) is 20.3. The summed E-state index contributed by atoms with van der Waals surface area (Å²) in [7, 11) is 0. The molecule has 57 heavy (non-hydrogen) atoms. The zero-order valence-corrected chi connectivity index (χ0v) is 31.7. The molecule has 0 radical (unpaired) electrons. The lowest BCUT2D eigenvalue weighted by Gasteiger charge is -2.09. The highest BCUT2D eigenvalue weighted by molar-refractivity contribution is 7.26. The summed E-state index contributed by atoms with van der Waals surface area (Å²) < 4.78 is 11.6. The number of furan rings is 1. The van der Waals surface area contributed by atoms with E-state index >= 15 is 0 Å². The van der Waals surface area contributed by atoms with Crippen LogP contribution in [0.1, 0.15) is 0 Å². The van der Waals surface area contributed by atoms with Gasteiger partial charge in [0, 0.05) is 63.3 Å². The van der Waals surface area contributed by atoms with Crippen LogP contribution in [0.4, 0.5) is 0 Å². The Morgan fingerprint density at radius 1 is 0.386 bits per heavy atom. The Hall–Kier alpha value is -7.13. The van der Waals surface area contributed by atoms with E-state index in [1.165, 1.54) is 24.9 Å². The summed E-state index contributed by atoms with van der Waals surface area (Å²) in [4.78, 5) is 25.8. The monoisotopic (exact) mass is 765 g/mol. The normalized spacial score (nSPS) is 11.9. The average molecular weight is 766 g/mol. The minimum absolute atomic E-state index is 0.572. The lowest BCUT2D eigenvalue weighted by atomic mass is 10.0. The summed E-state index contributed by atoms with van der Waals surface area (Å²) in [5.74, 6) is 2.40. The fraction of sp³-hybridized carbons (Fsp3) is 0. The van der Waals surface area contributed by atoms with Crippen LogP contribution in [0.3, 0.4) is 0 Å². The van der Waals surface area contributed by atoms with Crippen molar-refractivity contribution in [2.75, 3.05) is 0 Å². The number of aromatic nitrogens is 5. The van der Waals surface area contributed by atoms with Crippen LogP contribution in [0.15, 0.2) is 168 Å². The number of hydrogen-bond acceptors (Lipinski definition) is 8. The maximum atomic E-state index is 6.80. The minimum Gasteiger partial charge on any atom is -0.455 e. The molecule has 0 saturated carbocycles. The van der Waals surface area contributed by atoms with Gasteiger partial charge in [-0.25, -0.2) is 24.9 Å². The quantitative estimate of drug-likeness (QED) is 0.174. The van der Waals surface area contributed by atoms with Gasteiger partial charge in [-0.2, -0.15) is 0 Å². The molecule has 0 saturated heterocycles. The van der Waals surface area contributed by atoms with Gasteiger partial charge in [0.05, 0.1) is 21.5 Å². The van der Waals surface area contributed by atoms with Crippen molar-refractivity contribution < 1.29 is 4.42 Å². The van der Waals surface area contributed by atoms with E-state index in [4.69, 9.17) is 29.3 Å². The molecule has 0 amide bonds. The summed E-state index contributed by atoms with van der Waals surface area (Å²) in [5, 5.41) is 5.51. The van der Waals surface area contributed by atoms with E-state index in [9.17, 15) is 0 Å². The number of benzene rings is 7. The molecule has 0 bridgehead atoms. The van der Waals surface area contributed by atoms with Crippen molar-refractivity contribution in [3.63, 3.8) is 0 Å². The molecule has 0 spiro atoms. The average Bonchev–Trinajstić information content (AvgIpc) is 3.97. The summed E-state index contributed by atoms with van der Waals surface area (Å²) in [6.45, 7) is 0. The van der Waals surface area contributed by atoms with Crippen molar-refractivity contribution in [3.8, 4) is 56.8 Å². The van der Waals surface area contributed by atoms with Gasteiger partial charge in [0.15, 0.2) is 23.3 Å². The summed E-state index contributed by atoms with van der Waals surface area (Å²) in [6, 6.07) is 56.2. The molecular formula is C49H27N5OS2. The third-order valence-corrected chi connectivity index (χ3v) is 12.9. The van der Waals surface area contributed by atoms with Gasteiger partial charge in [-0.3, -0.25) is 0 Å². The largest absolute Gasteiger partial charge is 0.455 e. The van der Waals surface area contributed by atoms with Crippen LogP contribution >= 0.6 is 22.7 Å². The zero-order chi connectivity index (χ0) is 37.5. The number of thiophene rings is 2. The van der Waals surface area contributed by atoms with Crippen molar-refractivity contribution >= 4 is 85.1 Å². The van der Waals surface area contributed by atoms with Crippen molar-refractivity contribution in [3.05, 3.63) is 164 Å². The Labute approximate surface area is 333 Å². The highest BCUT2D eigenvalue weighted by Crippen LogP contribution is 2.44. The molecule has 5 heterocycles. The number of hydrogen-bond donors (Lipinski definition) is 0. The first-order chi connectivity index (χ1) is 28.2. The Morgan fingerprint density at radius 3 is 1.75 bits per heavy atom. The predicted molar refractivity (Wildman–Crippen MR) is 236 cm³/mol. The van der Waals surface area contributed by atoms with E-state index in [1.807, 2.05) is 84.1 Å². The van der Waals surface area contributed by atoms with Gasteiger partial charge in [-0.15, -0.1) is 22.7 Å². The highest BCUT2D eigenvalue weighted by Gasteiger charge is 2.23. The van der Waals surface area contributed by atoms with Crippen LogP contribution in [-0.2, 0) is 0 Å². The second kappa shape index (κ2) is 12.7. The first-order valence-electron chi connectivity index (χ1n) is 18.7. The molecule has 266 valence electrons. The second-order valence-electron chi connectivity index (χ2n) is 14.0. The van der Waals surface area contributed by atoms with Gasteiger partial charge in [-0.1, -0.05) is 133 Å². The van der Waals surface area contributed by atoms with Crippen LogP contribution < -0.4 is 0 Å². The number of fused-ring (bicyclic) bond motifs is 9. The highest BCUT2D eigenvalue weighted by atomic mass is 32.1. The Bertz CT molecular complexity index is 3480. The maximum Gasteiger partial charge on any atom is 0.164 e. The van der Waals surface area contributed by atoms with Gasteiger partial charge in [0.2, 0.25) is 0 Å². The van der Waals surface area contributed by atoms with Crippen LogP contribution in [0.5, 0.6) is 0 Å². The van der Waals surface area contributed by atoms with Gasteiger partial charge in [0.1, 0.15) is 11.2 Å². The van der Waals surface area contributed by atoms with Crippen LogP contribution in [0.25, 0.3) is 119 Å². The van der Waals surface area contributed by atoms with Crippen molar-refractivity contribution in [2.24, 2.45) is 0 Å². The molecule has 0 fully saturated rings. The lowest BCUT2D eigenvalue weighted by molar-refractivity contribution is 0.669. The van der Waals surface area contributed by atoms with Gasteiger partial charge < -0.3 is 4.42 Å². The molecule has 0 aliphatic carbocycles. The van der Waals surface area contributed by atoms with E-state index in [0.717, 1.165) is 65.5 Å². The van der Waals surface area contributed by atoms with Gasteiger partial charge >= 0.3 is 0 Å². The fourth-order valence-corrected chi connectivity index (χ4v) is 10.2. The zero-order valence-electron chi connectivity index (χ0n) is 30.0. The van der Waals surface area contributed by atoms with Gasteiger partial charge in [-0.05, 0) is 30.3 Å². The van der Waals surface area contributed by atoms with Crippen LogP contribution in [0, 0.1) is 0 Å². The molecular weight excluding hydrogens is 739 g/mol. The van der Waals surface area contributed by atoms with Crippen molar-refractivity contribution in [1.29, 1.82) is 0 Å². The van der Waals surface area contributed by atoms with E-state index in [1.54, 1.807) is 11.3 Å². The molecule has 0 atom stereocenters. The summed E-state index contributed by atoms with van der Waals surface area (Å²) in [6.07, 6.45) is 0. The van der Waals surface area contributed by atoms with E-state index in [-0.39, 0.29) is 0 Å². The maximum absolute atomic E-state index is 6.80. The van der Waals surface area contributed by atoms with Gasteiger partial charge in [0.25, 0.3) is 0 Å². The van der Waals surface area contributed by atoms with Crippen molar-refractivity contribution in [1.82, 2.24) is 24.9 Å². The summed E-state index contributed by atoms with van der Waals surface area (Å²) >= 11 is 3.55. The molecule has 12 aromatic rings.